The van der Waals surface area contributed by atoms with E-state index in [-0.39, 0.29) is 16.4 Å². The highest BCUT2D eigenvalue weighted by Gasteiger charge is 2.16. The lowest BCUT2D eigenvalue weighted by molar-refractivity contribution is -0.383. The van der Waals surface area contributed by atoms with Gasteiger partial charge in [0.2, 0.25) is 0 Å². The van der Waals surface area contributed by atoms with E-state index < -0.39 is 11.0 Å². The van der Waals surface area contributed by atoms with Crippen molar-refractivity contribution in [1.82, 2.24) is 4.98 Å². The van der Waals surface area contributed by atoms with Crippen LogP contribution in [0.2, 0.25) is 5.02 Å². The van der Waals surface area contributed by atoms with Gasteiger partial charge < -0.3 is 10.6 Å². The van der Waals surface area contributed by atoms with Crippen LogP contribution in [0.25, 0.3) is 0 Å². The molecule has 0 aliphatic rings. The zero-order valence-electron chi connectivity index (χ0n) is 10.0. The van der Waals surface area contributed by atoms with Crippen LogP contribution < -0.4 is 10.6 Å². The van der Waals surface area contributed by atoms with Crippen molar-refractivity contribution in [3.8, 4) is 0 Å². The molecule has 1 heterocycles. The number of carbonyl (C=O) groups excluding carboxylic acids is 1. The number of hydrogen-bond donors (Lipinski definition) is 2. The lowest BCUT2D eigenvalue weighted by atomic mass is 10.2. The molecule has 0 unspecified atom stereocenters. The minimum atomic E-state index is -0.610. The number of rotatable bonds is 3. The molecular formula is C12H9ClN4O3. The van der Waals surface area contributed by atoms with Crippen LogP contribution in [-0.2, 0) is 0 Å². The summed E-state index contributed by atoms with van der Waals surface area (Å²) in [5.41, 5.74) is 0.301. The second-order valence-corrected chi connectivity index (χ2v) is 4.17. The van der Waals surface area contributed by atoms with Crippen molar-refractivity contribution >= 4 is 34.7 Å². The van der Waals surface area contributed by atoms with Crippen LogP contribution >= 0.6 is 11.6 Å². The highest BCUT2D eigenvalue weighted by molar-refractivity contribution is 6.31. The summed E-state index contributed by atoms with van der Waals surface area (Å²) >= 11 is 5.76. The molecule has 0 radical (unpaired) electrons. The second-order valence-electron chi connectivity index (χ2n) is 3.73. The number of urea groups is 1. The standard InChI is InChI=1S/C12H9ClN4O3/c13-8-1-2-11(17(19)20)10(7-8)16-12(18)15-9-3-5-14-6-4-9/h1-7H,(H2,14,15,16,18). The summed E-state index contributed by atoms with van der Waals surface area (Å²) in [6.45, 7) is 0. The lowest BCUT2D eigenvalue weighted by Gasteiger charge is -2.08. The van der Waals surface area contributed by atoms with Gasteiger partial charge >= 0.3 is 6.03 Å². The Labute approximate surface area is 118 Å². The first-order chi connectivity index (χ1) is 9.56. The largest absolute Gasteiger partial charge is 0.323 e. The van der Waals surface area contributed by atoms with Crippen molar-refractivity contribution in [1.29, 1.82) is 0 Å². The number of anilines is 2. The Hall–Kier alpha value is -2.67. The molecule has 0 saturated carbocycles. The Balaban J connectivity index is 2.15. The molecule has 0 saturated heterocycles. The Morgan fingerprint density at radius 1 is 1.20 bits per heavy atom. The van der Waals surface area contributed by atoms with E-state index in [1.807, 2.05) is 0 Å². The predicted molar refractivity (Wildman–Crippen MR) is 75.0 cm³/mol. The van der Waals surface area contributed by atoms with Crippen molar-refractivity contribution in [3.05, 3.63) is 57.9 Å². The molecule has 2 N–H and O–H groups in total. The van der Waals surface area contributed by atoms with Crippen molar-refractivity contribution in [2.24, 2.45) is 0 Å². The van der Waals surface area contributed by atoms with Gasteiger partial charge in [-0.15, -0.1) is 0 Å². The van der Waals surface area contributed by atoms with Crippen molar-refractivity contribution in [3.63, 3.8) is 0 Å². The van der Waals surface area contributed by atoms with Gasteiger partial charge in [0.1, 0.15) is 5.69 Å². The summed E-state index contributed by atoms with van der Waals surface area (Å²) in [6, 6.07) is 6.49. The highest BCUT2D eigenvalue weighted by Crippen LogP contribution is 2.27. The zero-order valence-corrected chi connectivity index (χ0v) is 10.8. The molecule has 2 aromatic rings. The van der Waals surface area contributed by atoms with Gasteiger partial charge in [0.25, 0.3) is 5.69 Å². The van der Waals surface area contributed by atoms with E-state index in [2.05, 4.69) is 15.6 Å². The molecule has 2 rings (SSSR count). The maximum atomic E-state index is 11.8. The first-order valence-corrected chi connectivity index (χ1v) is 5.86. The smallest absolute Gasteiger partial charge is 0.308 e. The lowest BCUT2D eigenvalue weighted by Crippen LogP contribution is -2.20. The highest BCUT2D eigenvalue weighted by atomic mass is 35.5. The van der Waals surface area contributed by atoms with E-state index in [1.165, 1.54) is 30.6 Å². The van der Waals surface area contributed by atoms with Crippen LogP contribution in [0.15, 0.2) is 42.7 Å². The third-order valence-electron chi connectivity index (χ3n) is 2.34. The first kappa shape index (κ1) is 13.8. The number of carbonyl (C=O) groups is 1. The average molecular weight is 293 g/mol. The van der Waals surface area contributed by atoms with Crippen molar-refractivity contribution < 1.29 is 9.72 Å². The molecule has 1 aromatic carbocycles. The third-order valence-corrected chi connectivity index (χ3v) is 2.58. The average Bonchev–Trinajstić information content (AvgIpc) is 2.39. The molecule has 2 amide bonds. The van der Waals surface area contributed by atoms with E-state index in [0.29, 0.717) is 5.69 Å². The van der Waals surface area contributed by atoms with E-state index in [4.69, 9.17) is 11.6 Å². The molecule has 20 heavy (non-hydrogen) atoms. The molecule has 102 valence electrons. The van der Waals surface area contributed by atoms with Gasteiger partial charge in [-0.25, -0.2) is 4.79 Å². The summed E-state index contributed by atoms with van der Waals surface area (Å²) in [7, 11) is 0. The maximum Gasteiger partial charge on any atom is 0.323 e. The van der Waals surface area contributed by atoms with Crippen LogP contribution in [0.3, 0.4) is 0 Å². The van der Waals surface area contributed by atoms with E-state index in [0.717, 1.165) is 0 Å². The minimum absolute atomic E-state index is 0.0223. The molecule has 0 aliphatic heterocycles. The first-order valence-electron chi connectivity index (χ1n) is 5.48. The number of pyridine rings is 1. The number of nitro benzene ring substituents is 1. The van der Waals surface area contributed by atoms with Crippen molar-refractivity contribution in [2.45, 2.75) is 0 Å². The zero-order chi connectivity index (χ0) is 14.5. The Kier molecular flexibility index (Phi) is 4.11. The van der Waals surface area contributed by atoms with Crippen LogP contribution in [0.5, 0.6) is 0 Å². The Bertz CT molecular complexity index is 648. The SMILES string of the molecule is O=C(Nc1ccncc1)Nc1cc(Cl)ccc1[N+](=O)[O-]. The van der Waals surface area contributed by atoms with E-state index >= 15 is 0 Å². The number of benzene rings is 1. The van der Waals surface area contributed by atoms with E-state index in [9.17, 15) is 14.9 Å². The summed E-state index contributed by atoms with van der Waals surface area (Å²) in [4.78, 5) is 25.8. The molecule has 0 fully saturated rings. The summed E-state index contributed by atoms with van der Waals surface area (Å²) in [6.07, 6.45) is 3.02. The molecule has 1 aromatic heterocycles. The number of aromatic nitrogens is 1. The van der Waals surface area contributed by atoms with Gasteiger partial charge in [0, 0.05) is 29.2 Å². The van der Waals surface area contributed by atoms with Gasteiger partial charge in [-0.3, -0.25) is 15.1 Å². The molecule has 7 nitrogen and oxygen atoms in total. The molecular weight excluding hydrogens is 284 g/mol. The quantitative estimate of drug-likeness (QED) is 0.670. The summed E-state index contributed by atoms with van der Waals surface area (Å²) in [5, 5.41) is 16.0. The third kappa shape index (κ3) is 3.42. The molecule has 0 aliphatic carbocycles. The van der Waals surface area contributed by atoms with Crippen LogP contribution in [-0.4, -0.2) is 15.9 Å². The normalized spacial score (nSPS) is 9.85. The van der Waals surface area contributed by atoms with Gasteiger partial charge in [0.05, 0.1) is 4.92 Å². The van der Waals surface area contributed by atoms with E-state index in [1.54, 1.807) is 12.1 Å². The van der Waals surface area contributed by atoms with Gasteiger partial charge in [-0.2, -0.15) is 0 Å². The molecule has 8 heteroatoms. The minimum Gasteiger partial charge on any atom is -0.308 e. The fourth-order valence-corrected chi connectivity index (χ4v) is 1.66. The van der Waals surface area contributed by atoms with Crippen LogP contribution in [0.1, 0.15) is 0 Å². The van der Waals surface area contributed by atoms with Crippen LogP contribution in [0.4, 0.5) is 21.9 Å². The van der Waals surface area contributed by atoms with Crippen LogP contribution in [0, 0.1) is 10.1 Å². The molecule has 0 spiro atoms. The van der Waals surface area contributed by atoms with Gasteiger partial charge in [0.15, 0.2) is 0 Å². The predicted octanol–water partition coefficient (Wildman–Crippen LogP) is 3.29. The molecule has 0 atom stereocenters. The number of nitro groups is 1. The number of hydrogen-bond acceptors (Lipinski definition) is 4. The number of halogens is 1. The maximum absolute atomic E-state index is 11.8. The number of amides is 2. The van der Waals surface area contributed by atoms with Gasteiger partial charge in [-0.1, -0.05) is 11.6 Å². The topological polar surface area (TPSA) is 97.2 Å². The second kappa shape index (κ2) is 5.98. The molecule has 0 bridgehead atoms. The summed E-state index contributed by atoms with van der Waals surface area (Å²) in [5.74, 6) is 0. The number of nitrogens with zero attached hydrogens (tertiary/aromatic N) is 2. The fraction of sp³-hybridized carbons (Fsp3) is 0. The Morgan fingerprint density at radius 2 is 1.90 bits per heavy atom. The Morgan fingerprint density at radius 3 is 2.55 bits per heavy atom. The van der Waals surface area contributed by atoms with Gasteiger partial charge in [-0.05, 0) is 24.3 Å². The fourth-order valence-electron chi connectivity index (χ4n) is 1.49. The summed E-state index contributed by atoms with van der Waals surface area (Å²) < 4.78 is 0. The number of nitrogens with one attached hydrogen (secondary N) is 2. The van der Waals surface area contributed by atoms with Crippen molar-refractivity contribution in [2.75, 3.05) is 10.6 Å². The monoisotopic (exact) mass is 292 g/mol.